The van der Waals surface area contributed by atoms with Crippen molar-refractivity contribution in [2.24, 2.45) is 11.8 Å². The smallest absolute Gasteiger partial charge is 0.101 e. The summed E-state index contributed by atoms with van der Waals surface area (Å²) >= 11 is 0. The summed E-state index contributed by atoms with van der Waals surface area (Å²) in [6.45, 7) is 3.27. The summed E-state index contributed by atoms with van der Waals surface area (Å²) in [7, 11) is 0. The first-order chi connectivity index (χ1) is 8.22. The zero-order valence-electron chi connectivity index (χ0n) is 10.2. The molecule has 90 valence electrons. The van der Waals surface area contributed by atoms with Gasteiger partial charge in [0.1, 0.15) is 6.07 Å². The first kappa shape index (κ1) is 11.8. The molecule has 0 bridgehead atoms. The summed E-state index contributed by atoms with van der Waals surface area (Å²) in [6, 6.07) is 7.67. The lowest BCUT2D eigenvalue weighted by Gasteiger charge is -2.18. The molecular formula is C14H19N3. The van der Waals surface area contributed by atoms with Crippen LogP contribution in [0.3, 0.4) is 0 Å². The lowest BCUT2D eigenvalue weighted by molar-refractivity contribution is 0.440. The lowest BCUT2D eigenvalue weighted by Crippen LogP contribution is -2.17. The van der Waals surface area contributed by atoms with Crippen molar-refractivity contribution in [2.45, 2.75) is 26.2 Å². The number of nitrogens with one attached hydrogen (secondary N) is 1. The fourth-order valence-electron chi connectivity index (χ4n) is 2.58. The number of hydrogen-bond acceptors (Lipinski definition) is 3. The van der Waals surface area contributed by atoms with E-state index < -0.39 is 0 Å². The third kappa shape index (κ3) is 2.52. The minimum absolute atomic E-state index is 0.550. The number of nitriles is 1. The zero-order valence-corrected chi connectivity index (χ0v) is 10.2. The van der Waals surface area contributed by atoms with Crippen LogP contribution in [-0.2, 0) is 0 Å². The van der Waals surface area contributed by atoms with Gasteiger partial charge in [-0.1, -0.05) is 25.8 Å². The Morgan fingerprint density at radius 2 is 2.29 bits per heavy atom. The van der Waals surface area contributed by atoms with Gasteiger partial charge in [0.05, 0.1) is 16.9 Å². The molecule has 1 aromatic rings. The maximum atomic E-state index is 8.91. The van der Waals surface area contributed by atoms with Crippen LogP contribution in [0, 0.1) is 23.2 Å². The van der Waals surface area contributed by atoms with Crippen LogP contribution in [0.1, 0.15) is 31.7 Å². The van der Waals surface area contributed by atoms with Gasteiger partial charge in [-0.05, 0) is 30.4 Å². The Hall–Kier alpha value is -1.69. The molecule has 2 unspecified atom stereocenters. The van der Waals surface area contributed by atoms with E-state index in [9.17, 15) is 0 Å². The van der Waals surface area contributed by atoms with E-state index >= 15 is 0 Å². The van der Waals surface area contributed by atoms with Crippen molar-refractivity contribution in [3.8, 4) is 6.07 Å². The van der Waals surface area contributed by atoms with Crippen LogP contribution in [0.15, 0.2) is 18.2 Å². The van der Waals surface area contributed by atoms with Crippen LogP contribution in [-0.4, -0.2) is 6.54 Å². The second kappa shape index (κ2) is 5.09. The molecule has 0 radical (unpaired) electrons. The second-order valence-electron chi connectivity index (χ2n) is 4.93. The fraction of sp³-hybridized carbons (Fsp3) is 0.500. The molecule has 1 saturated carbocycles. The van der Waals surface area contributed by atoms with Gasteiger partial charge in [-0.25, -0.2) is 0 Å². The third-order valence-electron chi connectivity index (χ3n) is 3.82. The number of nitrogens with zero attached hydrogens (tertiary/aromatic N) is 1. The number of benzene rings is 1. The van der Waals surface area contributed by atoms with Gasteiger partial charge in [0.15, 0.2) is 0 Å². The SMILES string of the molecule is CC1CCCC1CNc1cccc(C#N)c1N. The molecule has 17 heavy (non-hydrogen) atoms. The first-order valence-corrected chi connectivity index (χ1v) is 6.25. The molecular weight excluding hydrogens is 210 g/mol. The minimum Gasteiger partial charge on any atom is -0.396 e. The topological polar surface area (TPSA) is 61.8 Å². The molecule has 0 spiro atoms. The molecule has 0 saturated heterocycles. The molecule has 3 nitrogen and oxygen atoms in total. The van der Waals surface area contributed by atoms with E-state index in [1.807, 2.05) is 12.1 Å². The van der Waals surface area contributed by atoms with Crippen molar-refractivity contribution in [1.29, 1.82) is 5.26 Å². The average molecular weight is 229 g/mol. The third-order valence-corrected chi connectivity index (χ3v) is 3.82. The summed E-state index contributed by atoms with van der Waals surface area (Å²) in [6.07, 6.45) is 3.97. The van der Waals surface area contributed by atoms with E-state index in [2.05, 4.69) is 18.3 Å². The number of hydrogen-bond donors (Lipinski definition) is 2. The van der Waals surface area contributed by atoms with E-state index in [0.29, 0.717) is 11.3 Å². The predicted molar refractivity (Wildman–Crippen MR) is 70.6 cm³/mol. The maximum absolute atomic E-state index is 8.91. The summed E-state index contributed by atoms with van der Waals surface area (Å²) in [5, 5.41) is 12.3. The Balaban J connectivity index is 2.02. The molecule has 1 aliphatic rings. The largest absolute Gasteiger partial charge is 0.396 e. The van der Waals surface area contributed by atoms with Crippen molar-refractivity contribution in [3.05, 3.63) is 23.8 Å². The van der Waals surface area contributed by atoms with Gasteiger partial charge < -0.3 is 11.1 Å². The van der Waals surface area contributed by atoms with Crippen molar-refractivity contribution < 1.29 is 0 Å². The fourth-order valence-corrected chi connectivity index (χ4v) is 2.58. The van der Waals surface area contributed by atoms with Crippen molar-refractivity contribution in [3.63, 3.8) is 0 Å². The van der Waals surface area contributed by atoms with Crippen LogP contribution < -0.4 is 11.1 Å². The van der Waals surface area contributed by atoms with Crippen LogP contribution in [0.25, 0.3) is 0 Å². The van der Waals surface area contributed by atoms with Gasteiger partial charge in [0, 0.05) is 6.54 Å². The summed E-state index contributed by atoms with van der Waals surface area (Å²) in [4.78, 5) is 0. The number of anilines is 2. The molecule has 0 aromatic heterocycles. The summed E-state index contributed by atoms with van der Waals surface area (Å²) in [5.41, 5.74) is 7.94. The highest BCUT2D eigenvalue weighted by atomic mass is 14.9. The van der Waals surface area contributed by atoms with Gasteiger partial charge in [-0.2, -0.15) is 5.26 Å². The van der Waals surface area contributed by atoms with Gasteiger partial charge >= 0.3 is 0 Å². The second-order valence-corrected chi connectivity index (χ2v) is 4.93. The Morgan fingerprint density at radius 1 is 1.47 bits per heavy atom. The highest BCUT2D eigenvalue weighted by molar-refractivity contribution is 5.72. The highest BCUT2D eigenvalue weighted by Gasteiger charge is 2.23. The molecule has 0 heterocycles. The quantitative estimate of drug-likeness (QED) is 0.783. The summed E-state index contributed by atoms with van der Waals surface area (Å²) < 4.78 is 0. The number of nitrogen functional groups attached to an aromatic ring is 1. The predicted octanol–water partition coefficient (Wildman–Crippen LogP) is 2.99. The van der Waals surface area contributed by atoms with E-state index in [4.69, 9.17) is 11.0 Å². The molecule has 3 heteroatoms. The molecule has 1 aliphatic carbocycles. The molecule has 1 aromatic carbocycles. The molecule has 0 aliphatic heterocycles. The Kier molecular flexibility index (Phi) is 3.53. The maximum Gasteiger partial charge on any atom is 0.101 e. The first-order valence-electron chi connectivity index (χ1n) is 6.25. The van der Waals surface area contributed by atoms with E-state index in [1.54, 1.807) is 6.07 Å². The molecule has 0 amide bonds. The summed E-state index contributed by atoms with van der Waals surface area (Å²) in [5.74, 6) is 1.53. The van der Waals surface area contributed by atoms with Crippen LogP contribution in [0.4, 0.5) is 11.4 Å². The van der Waals surface area contributed by atoms with Crippen molar-refractivity contribution in [1.82, 2.24) is 0 Å². The number of para-hydroxylation sites is 1. The highest BCUT2D eigenvalue weighted by Crippen LogP contribution is 2.32. The monoisotopic (exact) mass is 229 g/mol. The van der Waals surface area contributed by atoms with Gasteiger partial charge in [-0.3, -0.25) is 0 Å². The van der Waals surface area contributed by atoms with Crippen LogP contribution in [0.2, 0.25) is 0 Å². The Morgan fingerprint density at radius 3 is 2.94 bits per heavy atom. The number of nitrogens with two attached hydrogens (primary N) is 1. The zero-order chi connectivity index (χ0) is 12.3. The minimum atomic E-state index is 0.550. The van der Waals surface area contributed by atoms with Gasteiger partial charge in [0.25, 0.3) is 0 Å². The molecule has 2 rings (SSSR count). The lowest BCUT2D eigenvalue weighted by atomic mass is 9.98. The Bertz CT molecular complexity index is 434. The van der Waals surface area contributed by atoms with Gasteiger partial charge in [-0.15, -0.1) is 0 Å². The van der Waals surface area contributed by atoms with Crippen LogP contribution in [0.5, 0.6) is 0 Å². The van der Waals surface area contributed by atoms with Gasteiger partial charge in [0.2, 0.25) is 0 Å². The van der Waals surface area contributed by atoms with Crippen molar-refractivity contribution in [2.75, 3.05) is 17.6 Å². The average Bonchev–Trinajstić information content (AvgIpc) is 2.74. The standard InChI is InChI=1S/C14H19N3/c1-10-4-2-6-12(10)9-17-13-7-3-5-11(8-15)14(13)16/h3,5,7,10,12,17H,2,4,6,9,16H2,1H3. The van der Waals surface area contributed by atoms with E-state index in [-0.39, 0.29) is 0 Å². The van der Waals surface area contributed by atoms with Crippen LogP contribution >= 0.6 is 0 Å². The molecule has 2 atom stereocenters. The molecule has 3 N–H and O–H groups in total. The van der Waals surface area contributed by atoms with E-state index in [1.165, 1.54) is 19.3 Å². The van der Waals surface area contributed by atoms with E-state index in [0.717, 1.165) is 24.1 Å². The van der Waals surface area contributed by atoms with Crippen molar-refractivity contribution >= 4 is 11.4 Å². The Labute approximate surface area is 103 Å². The normalized spacial score (nSPS) is 23.3. The molecule has 1 fully saturated rings. The number of rotatable bonds is 3.